The minimum Gasteiger partial charge on any atom is -0.494 e. The van der Waals surface area contributed by atoms with Gasteiger partial charge in [-0.2, -0.15) is 0 Å². The molecule has 0 spiro atoms. The molecule has 0 unspecified atom stereocenters. The molecule has 0 aliphatic heterocycles. The summed E-state index contributed by atoms with van der Waals surface area (Å²) in [5.74, 6) is 0.478. The number of anilines is 3. The van der Waals surface area contributed by atoms with E-state index in [1.54, 1.807) is 37.3 Å². The third-order valence-electron chi connectivity index (χ3n) is 4.37. The van der Waals surface area contributed by atoms with Crippen LogP contribution in [-0.4, -0.2) is 48.5 Å². The van der Waals surface area contributed by atoms with Crippen LogP contribution in [0.5, 0.6) is 5.75 Å². The second-order valence-electron chi connectivity index (χ2n) is 7.03. The van der Waals surface area contributed by atoms with Crippen molar-refractivity contribution >= 4 is 34.0 Å². The van der Waals surface area contributed by atoms with Crippen molar-refractivity contribution in [2.75, 3.05) is 38.4 Å². The first kappa shape index (κ1) is 21.2. The van der Waals surface area contributed by atoms with Crippen LogP contribution < -0.4 is 15.4 Å². The van der Waals surface area contributed by atoms with E-state index < -0.39 is 0 Å². The maximum absolute atomic E-state index is 13.6. The number of aryl methyl sites for hydroxylation is 1. The second kappa shape index (κ2) is 9.32. The first-order valence-corrected chi connectivity index (χ1v) is 9.35. The Morgan fingerprint density at radius 3 is 2.73 bits per heavy atom. The minimum absolute atomic E-state index is 0.269. The summed E-state index contributed by atoms with van der Waals surface area (Å²) in [6, 6.07) is 8.22. The number of benzene rings is 2. The highest BCUT2D eigenvalue weighted by Crippen LogP contribution is 2.33. The first-order valence-electron chi connectivity index (χ1n) is 9.35. The van der Waals surface area contributed by atoms with Crippen LogP contribution in [0.4, 0.5) is 21.6 Å². The lowest BCUT2D eigenvalue weighted by Crippen LogP contribution is -2.13. The number of likely N-dealkylation sites (N-methyl/N-ethyl adjacent to an activating group) is 1. The summed E-state index contributed by atoms with van der Waals surface area (Å²) in [5.41, 5.74) is 2.36. The number of aromatic nitrogens is 2. The van der Waals surface area contributed by atoms with Gasteiger partial charge in [0.1, 0.15) is 23.7 Å². The standard InChI is InChI=1S/C22H24FN5O2/c1-14-10-15(7-8-17(14)23)26-22-16-11-19(27-21(29)6-5-9-28(2)3)20(30-4)12-18(16)24-13-25-22/h5-8,10-13H,9H2,1-4H3,(H,27,29)(H,24,25,26)/b6-5+. The molecule has 1 aromatic heterocycles. The number of hydrogen-bond donors (Lipinski definition) is 2. The van der Waals surface area contributed by atoms with Crippen molar-refractivity contribution < 1.29 is 13.9 Å². The quantitative estimate of drug-likeness (QED) is 0.577. The molecule has 0 saturated heterocycles. The van der Waals surface area contributed by atoms with Crippen molar-refractivity contribution in [2.24, 2.45) is 0 Å². The molecule has 0 aliphatic rings. The van der Waals surface area contributed by atoms with Crippen molar-refractivity contribution in [1.29, 1.82) is 0 Å². The van der Waals surface area contributed by atoms with Crippen molar-refractivity contribution in [2.45, 2.75) is 6.92 Å². The van der Waals surface area contributed by atoms with E-state index in [1.165, 1.54) is 25.6 Å². The van der Waals surface area contributed by atoms with Crippen molar-refractivity contribution in [1.82, 2.24) is 14.9 Å². The fraction of sp³-hybridized carbons (Fsp3) is 0.227. The highest BCUT2D eigenvalue weighted by molar-refractivity contribution is 6.03. The molecule has 0 atom stereocenters. The monoisotopic (exact) mass is 409 g/mol. The van der Waals surface area contributed by atoms with Crippen molar-refractivity contribution in [3.8, 4) is 5.75 Å². The number of methoxy groups -OCH3 is 1. The fourth-order valence-electron chi connectivity index (χ4n) is 2.85. The van der Waals surface area contributed by atoms with Crippen LogP contribution in [-0.2, 0) is 4.79 Å². The normalized spacial score (nSPS) is 11.3. The molecule has 2 N–H and O–H groups in total. The van der Waals surface area contributed by atoms with Crippen LogP contribution in [0.15, 0.2) is 48.8 Å². The summed E-state index contributed by atoms with van der Waals surface area (Å²) in [5, 5.41) is 6.71. The van der Waals surface area contributed by atoms with Gasteiger partial charge in [-0.15, -0.1) is 0 Å². The van der Waals surface area contributed by atoms with Gasteiger partial charge in [-0.1, -0.05) is 6.08 Å². The number of fused-ring (bicyclic) bond motifs is 1. The lowest BCUT2D eigenvalue weighted by molar-refractivity contribution is -0.111. The van der Waals surface area contributed by atoms with E-state index in [4.69, 9.17) is 4.74 Å². The van der Waals surface area contributed by atoms with Gasteiger partial charge >= 0.3 is 0 Å². The molecule has 7 nitrogen and oxygen atoms in total. The smallest absolute Gasteiger partial charge is 0.248 e. The molecule has 1 heterocycles. The molecular formula is C22H24FN5O2. The van der Waals surface area contributed by atoms with Crippen molar-refractivity contribution in [3.05, 3.63) is 60.2 Å². The third-order valence-corrected chi connectivity index (χ3v) is 4.37. The Morgan fingerprint density at radius 2 is 2.03 bits per heavy atom. The van der Waals surface area contributed by atoms with E-state index >= 15 is 0 Å². The maximum Gasteiger partial charge on any atom is 0.248 e. The molecular weight excluding hydrogens is 385 g/mol. The van der Waals surface area contributed by atoms with Crippen LogP contribution in [0.1, 0.15) is 5.56 Å². The molecule has 156 valence electrons. The number of halogens is 1. The van der Waals surface area contributed by atoms with E-state index in [2.05, 4.69) is 20.6 Å². The van der Waals surface area contributed by atoms with Gasteiger partial charge in [0.2, 0.25) is 5.91 Å². The van der Waals surface area contributed by atoms with E-state index in [1.807, 2.05) is 19.0 Å². The van der Waals surface area contributed by atoms with Gasteiger partial charge in [0.15, 0.2) is 0 Å². The molecule has 0 fully saturated rings. The predicted octanol–water partition coefficient (Wildman–Crippen LogP) is 3.89. The van der Waals surface area contributed by atoms with Crippen LogP contribution in [0.25, 0.3) is 10.9 Å². The lowest BCUT2D eigenvalue weighted by Gasteiger charge is -2.13. The Morgan fingerprint density at radius 1 is 1.23 bits per heavy atom. The third kappa shape index (κ3) is 5.09. The van der Waals surface area contributed by atoms with Crippen LogP contribution in [0.3, 0.4) is 0 Å². The van der Waals surface area contributed by atoms with Gasteiger partial charge < -0.3 is 20.3 Å². The number of hydrogen-bond acceptors (Lipinski definition) is 6. The first-order chi connectivity index (χ1) is 14.4. The number of ether oxygens (including phenoxy) is 1. The number of rotatable bonds is 7. The summed E-state index contributed by atoms with van der Waals surface area (Å²) in [6.07, 6.45) is 4.68. The average Bonchev–Trinajstić information content (AvgIpc) is 2.70. The molecule has 3 aromatic rings. The number of amides is 1. The molecule has 0 radical (unpaired) electrons. The van der Waals surface area contributed by atoms with E-state index in [-0.39, 0.29) is 11.7 Å². The van der Waals surface area contributed by atoms with Gasteiger partial charge in [0, 0.05) is 29.8 Å². The summed E-state index contributed by atoms with van der Waals surface area (Å²) in [4.78, 5) is 22.8. The summed E-state index contributed by atoms with van der Waals surface area (Å²) in [6.45, 7) is 2.35. The zero-order valence-corrected chi connectivity index (χ0v) is 17.4. The maximum atomic E-state index is 13.6. The average molecular weight is 409 g/mol. The van der Waals surface area contributed by atoms with E-state index in [9.17, 15) is 9.18 Å². The van der Waals surface area contributed by atoms with Crippen molar-refractivity contribution in [3.63, 3.8) is 0 Å². The molecule has 8 heteroatoms. The largest absolute Gasteiger partial charge is 0.494 e. The van der Waals surface area contributed by atoms with Crippen LogP contribution in [0.2, 0.25) is 0 Å². The minimum atomic E-state index is -0.273. The SMILES string of the molecule is COc1cc2ncnc(Nc3ccc(F)c(C)c3)c2cc1NC(=O)/C=C/CN(C)C. The van der Waals surface area contributed by atoms with Gasteiger partial charge in [-0.3, -0.25) is 4.79 Å². The topological polar surface area (TPSA) is 79.4 Å². The number of carbonyl (C=O) groups excluding carboxylic acids is 1. The second-order valence-corrected chi connectivity index (χ2v) is 7.03. The van der Waals surface area contributed by atoms with E-state index in [0.717, 1.165) is 0 Å². The zero-order valence-electron chi connectivity index (χ0n) is 17.4. The Kier molecular flexibility index (Phi) is 6.58. The lowest BCUT2D eigenvalue weighted by atomic mass is 10.1. The summed E-state index contributed by atoms with van der Waals surface area (Å²) < 4.78 is 19.0. The van der Waals surface area contributed by atoms with Gasteiger partial charge in [0.25, 0.3) is 0 Å². The zero-order chi connectivity index (χ0) is 21.7. The molecule has 0 saturated carbocycles. The van der Waals surface area contributed by atoms with Gasteiger partial charge in [-0.25, -0.2) is 14.4 Å². The Balaban J connectivity index is 1.94. The Hall–Kier alpha value is -3.52. The highest BCUT2D eigenvalue weighted by Gasteiger charge is 2.12. The molecule has 2 aromatic carbocycles. The number of nitrogens with one attached hydrogen (secondary N) is 2. The predicted molar refractivity (Wildman–Crippen MR) is 117 cm³/mol. The van der Waals surface area contributed by atoms with Crippen LogP contribution in [0, 0.1) is 12.7 Å². The number of nitrogens with zero attached hydrogens (tertiary/aromatic N) is 3. The summed E-state index contributed by atoms with van der Waals surface area (Å²) >= 11 is 0. The Bertz CT molecular complexity index is 1100. The number of carbonyl (C=O) groups is 1. The van der Waals surface area contributed by atoms with Crippen LogP contribution >= 0.6 is 0 Å². The molecule has 30 heavy (non-hydrogen) atoms. The van der Waals surface area contributed by atoms with E-state index in [0.29, 0.717) is 46.0 Å². The summed E-state index contributed by atoms with van der Waals surface area (Å²) in [7, 11) is 5.37. The molecule has 1 amide bonds. The molecule has 0 aliphatic carbocycles. The van der Waals surface area contributed by atoms with Gasteiger partial charge in [0.05, 0.1) is 18.3 Å². The highest BCUT2D eigenvalue weighted by atomic mass is 19.1. The Labute approximate surface area is 174 Å². The fourth-order valence-corrected chi connectivity index (χ4v) is 2.85. The molecule has 3 rings (SSSR count). The van der Waals surface area contributed by atoms with Gasteiger partial charge in [-0.05, 0) is 50.8 Å². The molecule has 0 bridgehead atoms.